The van der Waals surface area contributed by atoms with E-state index in [1.165, 1.54) is 13.8 Å². The summed E-state index contributed by atoms with van der Waals surface area (Å²) in [6.45, 7) is 5.81. The summed E-state index contributed by atoms with van der Waals surface area (Å²) in [5, 5.41) is 19.8. The molecule has 0 aliphatic carbocycles. The molecule has 0 aliphatic heterocycles. The van der Waals surface area contributed by atoms with E-state index in [0.717, 1.165) is 6.07 Å². The SMILES string of the molecule is C=C(C)C(=O)c1c(O)cc(C)c(C(=O)OCC=O)c1O. The number of ether oxygens (including phenoxy) is 1. The lowest BCUT2D eigenvalue weighted by Gasteiger charge is -2.13. The van der Waals surface area contributed by atoms with Crippen LogP contribution < -0.4 is 0 Å². The molecule has 20 heavy (non-hydrogen) atoms. The first-order chi connectivity index (χ1) is 9.31. The second-order valence-corrected chi connectivity index (χ2v) is 4.19. The predicted octanol–water partition coefficient (Wildman–Crippen LogP) is 1.52. The standard InChI is InChI=1S/C14H14O6/c1-7(2)12(17)11-9(16)6-8(3)10(13(11)18)14(19)20-5-4-15/h4,6,16,18H,1,5H2,2-3H3. The van der Waals surface area contributed by atoms with E-state index >= 15 is 0 Å². The number of aryl methyl sites for hydroxylation is 1. The molecule has 1 aromatic rings. The number of carbonyl (C=O) groups excluding carboxylic acids is 3. The third kappa shape index (κ3) is 2.85. The number of aromatic hydroxyl groups is 2. The van der Waals surface area contributed by atoms with Crippen LogP contribution in [0.1, 0.15) is 33.2 Å². The van der Waals surface area contributed by atoms with E-state index in [0.29, 0.717) is 6.29 Å². The molecule has 2 N–H and O–H groups in total. The molecule has 6 heteroatoms. The van der Waals surface area contributed by atoms with Gasteiger partial charge in [-0.25, -0.2) is 4.79 Å². The van der Waals surface area contributed by atoms with Crippen molar-refractivity contribution in [2.75, 3.05) is 6.61 Å². The van der Waals surface area contributed by atoms with Gasteiger partial charge in [-0.05, 0) is 31.1 Å². The van der Waals surface area contributed by atoms with E-state index < -0.39 is 35.4 Å². The maximum absolute atomic E-state index is 11.9. The number of ketones is 1. The highest BCUT2D eigenvalue weighted by Crippen LogP contribution is 2.35. The molecule has 0 bridgehead atoms. The number of Topliss-reactive ketones (excluding diaryl/α,β-unsaturated/α-hetero) is 1. The quantitative estimate of drug-likeness (QED) is 0.366. The second kappa shape index (κ2) is 6.01. The fourth-order valence-corrected chi connectivity index (χ4v) is 1.66. The summed E-state index contributed by atoms with van der Waals surface area (Å²) in [6, 6.07) is 1.16. The molecule has 0 amide bonds. The topological polar surface area (TPSA) is 101 Å². The van der Waals surface area contributed by atoms with Crippen LogP contribution in [0.2, 0.25) is 0 Å². The summed E-state index contributed by atoms with van der Waals surface area (Å²) < 4.78 is 4.59. The van der Waals surface area contributed by atoms with Gasteiger partial charge in [0.1, 0.15) is 29.2 Å². The van der Waals surface area contributed by atoms with Crippen molar-refractivity contribution in [2.24, 2.45) is 0 Å². The Morgan fingerprint density at radius 2 is 1.95 bits per heavy atom. The lowest BCUT2D eigenvalue weighted by Crippen LogP contribution is -2.12. The zero-order valence-corrected chi connectivity index (χ0v) is 11.1. The monoisotopic (exact) mass is 278 g/mol. The van der Waals surface area contributed by atoms with Gasteiger partial charge < -0.3 is 14.9 Å². The molecule has 0 atom stereocenters. The summed E-state index contributed by atoms with van der Waals surface area (Å²) in [6.07, 6.45) is 0.380. The summed E-state index contributed by atoms with van der Waals surface area (Å²) in [7, 11) is 0. The first-order valence-electron chi connectivity index (χ1n) is 5.67. The number of esters is 1. The first kappa shape index (κ1) is 15.4. The molecule has 0 unspecified atom stereocenters. The molecule has 0 aliphatic rings. The minimum atomic E-state index is -0.956. The number of phenolic OH excluding ortho intramolecular Hbond substituents is 2. The van der Waals surface area contributed by atoms with Gasteiger partial charge in [0.05, 0.1) is 0 Å². The van der Waals surface area contributed by atoms with Gasteiger partial charge in [-0.2, -0.15) is 0 Å². The van der Waals surface area contributed by atoms with Gasteiger partial charge in [-0.1, -0.05) is 6.58 Å². The Kier molecular flexibility index (Phi) is 4.63. The van der Waals surface area contributed by atoms with Gasteiger partial charge in [0, 0.05) is 0 Å². The van der Waals surface area contributed by atoms with Gasteiger partial charge in [-0.15, -0.1) is 0 Å². The Bertz CT molecular complexity index is 600. The minimum Gasteiger partial charge on any atom is -0.507 e. The van der Waals surface area contributed by atoms with Crippen LogP contribution in [0.4, 0.5) is 0 Å². The molecular formula is C14H14O6. The smallest absolute Gasteiger partial charge is 0.342 e. The number of carbonyl (C=O) groups is 3. The fraction of sp³-hybridized carbons (Fsp3) is 0.214. The highest BCUT2D eigenvalue weighted by molar-refractivity contribution is 6.13. The molecule has 0 radical (unpaired) electrons. The van der Waals surface area contributed by atoms with Crippen molar-refractivity contribution in [1.82, 2.24) is 0 Å². The van der Waals surface area contributed by atoms with E-state index in [1.807, 2.05) is 0 Å². The van der Waals surface area contributed by atoms with Crippen LogP contribution in [0.15, 0.2) is 18.2 Å². The van der Waals surface area contributed by atoms with Crippen molar-refractivity contribution in [3.05, 3.63) is 34.9 Å². The van der Waals surface area contributed by atoms with Crippen molar-refractivity contribution in [2.45, 2.75) is 13.8 Å². The molecular weight excluding hydrogens is 264 g/mol. The molecule has 0 saturated heterocycles. The molecule has 0 saturated carbocycles. The molecule has 0 aromatic heterocycles. The van der Waals surface area contributed by atoms with Gasteiger partial charge in [0.25, 0.3) is 0 Å². The Hall–Kier alpha value is -2.63. The van der Waals surface area contributed by atoms with Crippen molar-refractivity contribution in [1.29, 1.82) is 0 Å². The van der Waals surface area contributed by atoms with Gasteiger partial charge in [0.2, 0.25) is 0 Å². The number of phenols is 2. The normalized spacial score (nSPS) is 9.90. The van der Waals surface area contributed by atoms with Crippen molar-refractivity contribution < 1.29 is 29.3 Å². The zero-order chi connectivity index (χ0) is 15.4. The van der Waals surface area contributed by atoms with Gasteiger partial charge in [0.15, 0.2) is 12.1 Å². The van der Waals surface area contributed by atoms with Crippen LogP contribution in [0.5, 0.6) is 11.5 Å². The number of aldehydes is 1. The zero-order valence-electron chi connectivity index (χ0n) is 11.1. The Morgan fingerprint density at radius 3 is 2.45 bits per heavy atom. The van der Waals surface area contributed by atoms with Gasteiger partial charge >= 0.3 is 5.97 Å². The molecule has 0 heterocycles. The maximum Gasteiger partial charge on any atom is 0.342 e. The van der Waals surface area contributed by atoms with Crippen molar-refractivity contribution in [3.63, 3.8) is 0 Å². The highest BCUT2D eigenvalue weighted by atomic mass is 16.5. The Labute approximate surface area is 115 Å². The van der Waals surface area contributed by atoms with Crippen LogP contribution in [0.3, 0.4) is 0 Å². The first-order valence-corrected chi connectivity index (χ1v) is 5.67. The molecule has 106 valence electrons. The summed E-state index contributed by atoms with van der Waals surface area (Å²) in [4.78, 5) is 33.8. The van der Waals surface area contributed by atoms with Gasteiger partial charge in [-0.3, -0.25) is 9.59 Å². The van der Waals surface area contributed by atoms with E-state index in [4.69, 9.17) is 0 Å². The number of hydrogen-bond acceptors (Lipinski definition) is 6. The fourth-order valence-electron chi connectivity index (χ4n) is 1.66. The third-order valence-electron chi connectivity index (χ3n) is 2.58. The van der Waals surface area contributed by atoms with Crippen LogP contribution in [0, 0.1) is 6.92 Å². The largest absolute Gasteiger partial charge is 0.507 e. The van der Waals surface area contributed by atoms with Crippen molar-refractivity contribution >= 4 is 18.0 Å². The van der Waals surface area contributed by atoms with E-state index in [2.05, 4.69) is 11.3 Å². The molecule has 0 fully saturated rings. The number of allylic oxidation sites excluding steroid dienone is 1. The Morgan fingerprint density at radius 1 is 1.35 bits per heavy atom. The number of rotatable bonds is 5. The highest BCUT2D eigenvalue weighted by Gasteiger charge is 2.26. The maximum atomic E-state index is 11.9. The second-order valence-electron chi connectivity index (χ2n) is 4.19. The molecule has 1 aromatic carbocycles. The van der Waals surface area contributed by atoms with E-state index in [1.54, 1.807) is 0 Å². The van der Waals surface area contributed by atoms with E-state index in [9.17, 15) is 24.6 Å². The molecule has 0 spiro atoms. The third-order valence-corrected chi connectivity index (χ3v) is 2.58. The predicted molar refractivity (Wildman–Crippen MR) is 70.0 cm³/mol. The van der Waals surface area contributed by atoms with Crippen LogP contribution in [-0.4, -0.2) is 34.9 Å². The Balaban J connectivity index is 3.43. The number of hydrogen-bond donors (Lipinski definition) is 2. The van der Waals surface area contributed by atoms with Crippen LogP contribution >= 0.6 is 0 Å². The van der Waals surface area contributed by atoms with Crippen molar-refractivity contribution in [3.8, 4) is 11.5 Å². The lowest BCUT2D eigenvalue weighted by atomic mass is 9.97. The van der Waals surface area contributed by atoms with Crippen LogP contribution in [0.25, 0.3) is 0 Å². The summed E-state index contributed by atoms with van der Waals surface area (Å²) >= 11 is 0. The lowest BCUT2D eigenvalue weighted by molar-refractivity contribution is -0.110. The minimum absolute atomic E-state index is 0.0895. The summed E-state index contributed by atoms with van der Waals surface area (Å²) in [5.74, 6) is -2.79. The average molecular weight is 278 g/mol. The van der Waals surface area contributed by atoms with Crippen LogP contribution in [-0.2, 0) is 9.53 Å². The molecule has 1 rings (SSSR count). The molecule has 6 nitrogen and oxygen atoms in total. The number of benzene rings is 1. The average Bonchev–Trinajstić information content (AvgIpc) is 2.35. The summed E-state index contributed by atoms with van der Waals surface area (Å²) in [5.41, 5.74) is -0.378. The van der Waals surface area contributed by atoms with E-state index in [-0.39, 0.29) is 16.7 Å².